The largest absolute Gasteiger partial charge is 0.255 e. The summed E-state index contributed by atoms with van der Waals surface area (Å²) in [5.41, 5.74) is 3.14. The molecule has 0 radical (unpaired) electrons. The monoisotopic (exact) mass is 258 g/mol. The maximum absolute atomic E-state index is 8.79. The van der Waals surface area contributed by atoms with E-state index in [4.69, 9.17) is 5.26 Å². The Bertz CT molecular complexity index is 758. The first-order valence-corrected chi connectivity index (χ1v) is 6.11. The molecule has 0 N–H and O–H groups in total. The van der Waals surface area contributed by atoms with Crippen molar-refractivity contribution in [1.82, 2.24) is 15.0 Å². The summed E-state index contributed by atoms with van der Waals surface area (Å²) in [6.45, 7) is 0. The SMILES string of the molecule is N#Cc1cnc(-c2cccnc2-c2ccccc2)nc1. The number of nitrogens with zero attached hydrogens (tertiary/aromatic N) is 4. The second kappa shape index (κ2) is 5.29. The van der Waals surface area contributed by atoms with E-state index in [1.54, 1.807) is 6.20 Å². The number of aromatic nitrogens is 3. The molecule has 0 aliphatic rings. The van der Waals surface area contributed by atoms with Crippen LogP contribution in [0.4, 0.5) is 0 Å². The molecule has 20 heavy (non-hydrogen) atoms. The van der Waals surface area contributed by atoms with E-state index in [2.05, 4.69) is 15.0 Å². The summed E-state index contributed by atoms with van der Waals surface area (Å²) in [4.78, 5) is 12.9. The number of benzene rings is 1. The van der Waals surface area contributed by atoms with Gasteiger partial charge in [0.1, 0.15) is 6.07 Å². The quantitative estimate of drug-likeness (QED) is 0.708. The fraction of sp³-hybridized carbons (Fsp3) is 0. The minimum Gasteiger partial charge on any atom is -0.255 e. The van der Waals surface area contributed by atoms with Crippen LogP contribution in [0.15, 0.2) is 61.1 Å². The van der Waals surface area contributed by atoms with Crippen LogP contribution in [0.3, 0.4) is 0 Å². The zero-order valence-electron chi connectivity index (χ0n) is 10.6. The number of pyridine rings is 1. The molecule has 4 heteroatoms. The Balaban J connectivity index is 2.12. The third-order valence-electron chi connectivity index (χ3n) is 2.88. The maximum atomic E-state index is 8.79. The highest BCUT2D eigenvalue weighted by Gasteiger charge is 2.10. The van der Waals surface area contributed by atoms with Gasteiger partial charge in [0, 0.05) is 29.7 Å². The first-order chi connectivity index (χ1) is 9.88. The summed E-state index contributed by atoms with van der Waals surface area (Å²) in [5.74, 6) is 0.566. The van der Waals surface area contributed by atoms with Crippen LogP contribution in [-0.2, 0) is 0 Å². The molecule has 2 heterocycles. The molecule has 0 aliphatic carbocycles. The first-order valence-electron chi connectivity index (χ1n) is 6.11. The fourth-order valence-electron chi connectivity index (χ4n) is 1.94. The molecule has 0 spiro atoms. The van der Waals surface area contributed by atoms with Crippen molar-refractivity contribution < 1.29 is 0 Å². The number of rotatable bonds is 2. The van der Waals surface area contributed by atoms with Gasteiger partial charge in [-0.3, -0.25) is 4.98 Å². The second-order valence-electron chi connectivity index (χ2n) is 4.17. The Morgan fingerprint density at radius 2 is 1.60 bits per heavy atom. The molecule has 0 atom stereocenters. The summed E-state index contributed by atoms with van der Waals surface area (Å²) >= 11 is 0. The second-order valence-corrected chi connectivity index (χ2v) is 4.17. The normalized spacial score (nSPS) is 9.95. The molecule has 0 saturated carbocycles. The van der Waals surface area contributed by atoms with Crippen LogP contribution in [0.1, 0.15) is 5.56 Å². The molecular weight excluding hydrogens is 248 g/mol. The van der Waals surface area contributed by atoms with E-state index in [0.29, 0.717) is 11.4 Å². The van der Waals surface area contributed by atoms with Gasteiger partial charge in [0.15, 0.2) is 5.82 Å². The van der Waals surface area contributed by atoms with Crippen LogP contribution >= 0.6 is 0 Å². The standard InChI is InChI=1S/C16H10N4/c17-9-12-10-19-16(20-11-12)14-7-4-8-18-15(14)13-5-2-1-3-6-13/h1-8,10-11H. The third-order valence-corrected chi connectivity index (χ3v) is 2.88. The topological polar surface area (TPSA) is 62.5 Å². The molecule has 0 amide bonds. The van der Waals surface area contributed by atoms with Gasteiger partial charge in [-0.25, -0.2) is 9.97 Å². The van der Waals surface area contributed by atoms with Gasteiger partial charge in [-0.1, -0.05) is 30.3 Å². The summed E-state index contributed by atoms with van der Waals surface area (Å²) in [7, 11) is 0. The lowest BCUT2D eigenvalue weighted by Gasteiger charge is -2.07. The molecule has 1 aromatic carbocycles. The Morgan fingerprint density at radius 1 is 0.850 bits per heavy atom. The fourth-order valence-corrected chi connectivity index (χ4v) is 1.94. The van der Waals surface area contributed by atoms with Gasteiger partial charge < -0.3 is 0 Å². The average molecular weight is 258 g/mol. The highest BCUT2D eigenvalue weighted by molar-refractivity contribution is 5.77. The minimum absolute atomic E-state index is 0.443. The van der Waals surface area contributed by atoms with Crippen molar-refractivity contribution in [2.75, 3.05) is 0 Å². The van der Waals surface area contributed by atoms with E-state index >= 15 is 0 Å². The van der Waals surface area contributed by atoms with E-state index in [0.717, 1.165) is 16.8 Å². The summed E-state index contributed by atoms with van der Waals surface area (Å²) in [5, 5.41) is 8.79. The van der Waals surface area contributed by atoms with E-state index in [1.165, 1.54) is 12.4 Å². The van der Waals surface area contributed by atoms with E-state index < -0.39 is 0 Å². The van der Waals surface area contributed by atoms with Crippen LogP contribution in [-0.4, -0.2) is 15.0 Å². The Labute approximate surface area is 116 Å². The zero-order chi connectivity index (χ0) is 13.8. The van der Waals surface area contributed by atoms with Gasteiger partial charge in [-0.2, -0.15) is 5.26 Å². The molecular formula is C16H10N4. The summed E-state index contributed by atoms with van der Waals surface area (Å²) in [6, 6.07) is 15.7. The molecule has 0 fully saturated rings. The number of hydrogen-bond donors (Lipinski definition) is 0. The van der Waals surface area contributed by atoms with Crippen LogP contribution < -0.4 is 0 Å². The maximum Gasteiger partial charge on any atom is 0.161 e. The zero-order valence-corrected chi connectivity index (χ0v) is 10.6. The van der Waals surface area contributed by atoms with Gasteiger partial charge in [-0.15, -0.1) is 0 Å². The summed E-state index contributed by atoms with van der Waals surface area (Å²) in [6.07, 6.45) is 4.78. The van der Waals surface area contributed by atoms with Crippen LogP contribution in [0.2, 0.25) is 0 Å². The number of hydrogen-bond acceptors (Lipinski definition) is 4. The molecule has 3 rings (SSSR count). The Kier molecular flexibility index (Phi) is 3.17. The molecule has 94 valence electrons. The third kappa shape index (κ3) is 2.25. The molecule has 0 unspecified atom stereocenters. The predicted octanol–water partition coefficient (Wildman–Crippen LogP) is 3.08. The van der Waals surface area contributed by atoms with Crippen molar-refractivity contribution in [2.45, 2.75) is 0 Å². The van der Waals surface area contributed by atoms with Crippen molar-refractivity contribution in [1.29, 1.82) is 5.26 Å². The lowest BCUT2D eigenvalue weighted by Crippen LogP contribution is -1.94. The van der Waals surface area contributed by atoms with E-state index in [1.807, 2.05) is 48.5 Å². The van der Waals surface area contributed by atoms with Crippen molar-refractivity contribution in [3.63, 3.8) is 0 Å². The molecule has 0 aliphatic heterocycles. The minimum atomic E-state index is 0.443. The highest BCUT2D eigenvalue weighted by atomic mass is 14.9. The Hall–Kier alpha value is -3.06. The van der Waals surface area contributed by atoms with Gasteiger partial charge >= 0.3 is 0 Å². The smallest absolute Gasteiger partial charge is 0.161 e. The first kappa shape index (κ1) is 12.0. The highest BCUT2D eigenvalue weighted by Crippen LogP contribution is 2.27. The lowest BCUT2D eigenvalue weighted by molar-refractivity contribution is 1.15. The molecule has 3 aromatic rings. The van der Waals surface area contributed by atoms with Crippen LogP contribution in [0.25, 0.3) is 22.6 Å². The van der Waals surface area contributed by atoms with E-state index in [9.17, 15) is 0 Å². The molecule has 0 bridgehead atoms. The van der Waals surface area contributed by atoms with E-state index in [-0.39, 0.29) is 0 Å². The molecule has 0 saturated heterocycles. The van der Waals surface area contributed by atoms with Crippen molar-refractivity contribution in [2.24, 2.45) is 0 Å². The lowest BCUT2D eigenvalue weighted by atomic mass is 10.1. The Morgan fingerprint density at radius 3 is 2.30 bits per heavy atom. The van der Waals surface area contributed by atoms with Gasteiger partial charge in [0.05, 0.1) is 11.3 Å². The van der Waals surface area contributed by atoms with Crippen LogP contribution in [0.5, 0.6) is 0 Å². The van der Waals surface area contributed by atoms with Gasteiger partial charge in [0.2, 0.25) is 0 Å². The van der Waals surface area contributed by atoms with Crippen molar-refractivity contribution >= 4 is 0 Å². The average Bonchev–Trinajstić information content (AvgIpc) is 2.56. The predicted molar refractivity (Wildman–Crippen MR) is 75.4 cm³/mol. The molecule has 2 aromatic heterocycles. The van der Waals surface area contributed by atoms with Crippen molar-refractivity contribution in [3.8, 4) is 28.7 Å². The van der Waals surface area contributed by atoms with Gasteiger partial charge in [-0.05, 0) is 12.1 Å². The number of nitriles is 1. The molecule has 4 nitrogen and oxygen atoms in total. The summed E-state index contributed by atoms with van der Waals surface area (Å²) < 4.78 is 0. The van der Waals surface area contributed by atoms with Crippen molar-refractivity contribution in [3.05, 3.63) is 66.6 Å². The van der Waals surface area contributed by atoms with Gasteiger partial charge in [0.25, 0.3) is 0 Å². The van der Waals surface area contributed by atoms with Crippen LogP contribution in [0, 0.1) is 11.3 Å².